The smallest absolute Gasteiger partial charge is 0.349 e. The summed E-state index contributed by atoms with van der Waals surface area (Å²) in [6.07, 6.45) is 0. The molecule has 24 heavy (non-hydrogen) atoms. The maximum absolute atomic E-state index is 12.3. The van der Waals surface area contributed by atoms with Gasteiger partial charge in [0.25, 0.3) is 5.91 Å². The monoisotopic (exact) mass is 343 g/mol. The minimum absolute atomic E-state index is 0.0906. The standard InChI is InChI=1S/C17H10ClNO5/c18-11-3-6-14-10(7-11)8-13(17(23)24-14)15(20)19-12-4-1-9(2-5-12)16(21)22/h1-8H,(H,19,20)(H,21,22). The summed E-state index contributed by atoms with van der Waals surface area (Å²) < 4.78 is 5.10. The molecule has 0 spiro atoms. The predicted molar refractivity (Wildman–Crippen MR) is 88.8 cm³/mol. The Balaban J connectivity index is 1.91. The van der Waals surface area contributed by atoms with Crippen LogP contribution in [0, 0.1) is 0 Å². The Morgan fingerprint density at radius 3 is 2.42 bits per heavy atom. The number of amides is 1. The minimum atomic E-state index is -1.07. The van der Waals surface area contributed by atoms with Crippen LogP contribution in [0.2, 0.25) is 5.02 Å². The molecule has 1 aromatic heterocycles. The molecule has 0 atom stereocenters. The van der Waals surface area contributed by atoms with Crippen molar-refractivity contribution in [1.29, 1.82) is 0 Å². The van der Waals surface area contributed by atoms with Gasteiger partial charge in [0.15, 0.2) is 0 Å². The lowest BCUT2D eigenvalue weighted by Gasteiger charge is -2.06. The summed E-state index contributed by atoms with van der Waals surface area (Å²) in [4.78, 5) is 35.0. The zero-order chi connectivity index (χ0) is 17.3. The number of rotatable bonds is 3. The van der Waals surface area contributed by atoms with Gasteiger partial charge in [-0.15, -0.1) is 0 Å². The molecule has 0 bridgehead atoms. The molecule has 1 heterocycles. The van der Waals surface area contributed by atoms with Crippen LogP contribution in [0.5, 0.6) is 0 Å². The molecule has 3 rings (SSSR count). The number of benzene rings is 2. The highest BCUT2D eigenvalue weighted by Gasteiger charge is 2.14. The molecular weight excluding hydrogens is 334 g/mol. The third kappa shape index (κ3) is 3.13. The van der Waals surface area contributed by atoms with Gasteiger partial charge in [0.05, 0.1) is 5.56 Å². The maximum Gasteiger partial charge on any atom is 0.349 e. The first kappa shape index (κ1) is 15.8. The van der Waals surface area contributed by atoms with Crippen molar-refractivity contribution in [1.82, 2.24) is 0 Å². The maximum atomic E-state index is 12.3. The van der Waals surface area contributed by atoms with Crippen LogP contribution in [0.15, 0.2) is 57.7 Å². The van der Waals surface area contributed by atoms with Gasteiger partial charge in [0.1, 0.15) is 11.1 Å². The highest BCUT2D eigenvalue weighted by molar-refractivity contribution is 6.31. The first-order valence-corrected chi connectivity index (χ1v) is 7.20. The Morgan fingerprint density at radius 1 is 1.04 bits per heavy atom. The predicted octanol–water partition coefficient (Wildman–Crippen LogP) is 3.40. The van der Waals surface area contributed by atoms with E-state index in [4.69, 9.17) is 21.1 Å². The Hall–Kier alpha value is -3.12. The van der Waals surface area contributed by atoms with E-state index >= 15 is 0 Å². The van der Waals surface area contributed by atoms with Crippen molar-refractivity contribution in [2.24, 2.45) is 0 Å². The van der Waals surface area contributed by atoms with Crippen LogP contribution in [-0.2, 0) is 0 Å². The number of fused-ring (bicyclic) bond motifs is 1. The summed E-state index contributed by atoms with van der Waals surface area (Å²) >= 11 is 5.89. The normalized spacial score (nSPS) is 10.5. The van der Waals surface area contributed by atoms with Crippen molar-refractivity contribution in [2.75, 3.05) is 5.32 Å². The number of hydrogen-bond donors (Lipinski definition) is 2. The zero-order valence-electron chi connectivity index (χ0n) is 12.1. The lowest BCUT2D eigenvalue weighted by atomic mass is 10.1. The van der Waals surface area contributed by atoms with Crippen LogP contribution in [0.3, 0.4) is 0 Å². The van der Waals surface area contributed by atoms with E-state index in [1.54, 1.807) is 18.2 Å². The molecule has 2 aromatic carbocycles. The lowest BCUT2D eigenvalue weighted by Crippen LogP contribution is -2.20. The quantitative estimate of drug-likeness (QED) is 0.710. The van der Waals surface area contributed by atoms with E-state index in [1.807, 2.05) is 0 Å². The van der Waals surface area contributed by atoms with E-state index in [0.29, 0.717) is 21.7 Å². The van der Waals surface area contributed by atoms with Crippen LogP contribution in [0.4, 0.5) is 5.69 Å². The topological polar surface area (TPSA) is 96.6 Å². The van der Waals surface area contributed by atoms with Crippen LogP contribution >= 0.6 is 11.6 Å². The molecule has 0 aliphatic carbocycles. The number of carboxylic acids is 1. The molecule has 0 saturated carbocycles. The van der Waals surface area contributed by atoms with Gasteiger partial charge in [-0.05, 0) is 48.5 Å². The summed E-state index contributed by atoms with van der Waals surface area (Å²) in [5.74, 6) is -1.73. The summed E-state index contributed by atoms with van der Waals surface area (Å²) in [5, 5.41) is 12.3. The minimum Gasteiger partial charge on any atom is -0.478 e. The van der Waals surface area contributed by atoms with E-state index in [-0.39, 0.29) is 11.1 Å². The van der Waals surface area contributed by atoms with E-state index < -0.39 is 17.5 Å². The third-order valence-corrected chi connectivity index (χ3v) is 3.56. The van der Waals surface area contributed by atoms with E-state index in [0.717, 1.165) is 0 Å². The molecule has 0 aliphatic rings. The Morgan fingerprint density at radius 2 is 1.75 bits per heavy atom. The van der Waals surface area contributed by atoms with Crippen molar-refractivity contribution in [3.63, 3.8) is 0 Å². The molecule has 1 amide bonds. The number of aromatic carboxylic acids is 1. The van der Waals surface area contributed by atoms with Gasteiger partial charge >= 0.3 is 11.6 Å². The number of halogens is 1. The van der Waals surface area contributed by atoms with Crippen LogP contribution in [-0.4, -0.2) is 17.0 Å². The molecule has 0 unspecified atom stereocenters. The number of carboxylic acid groups (broad SMARTS) is 1. The average molecular weight is 344 g/mol. The van der Waals surface area contributed by atoms with E-state index in [9.17, 15) is 14.4 Å². The fourth-order valence-electron chi connectivity index (χ4n) is 2.15. The number of anilines is 1. The van der Waals surface area contributed by atoms with Gasteiger partial charge in [0.2, 0.25) is 0 Å². The summed E-state index contributed by atoms with van der Waals surface area (Å²) in [6.45, 7) is 0. The highest BCUT2D eigenvalue weighted by atomic mass is 35.5. The molecular formula is C17H10ClNO5. The van der Waals surface area contributed by atoms with Crippen molar-refractivity contribution < 1.29 is 19.1 Å². The Kier molecular flexibility index (Phi) is 4.05. The molecule has 0 aliphatic heterocycles. The Bertz CT molecular complexity index is 1010. The second-order valence-electron chi connectivity index (χ2n) is 4.97. The molecule has 120 valence electrons. The van der Waals surface area contributed by atoms with Crippen molar-refractivity contribution in [3.05, 3.63) is 75.1 Å². The van der Waals surface area contributed by atoms with Gasteiger partial charge in [-0.3, -0.25) is 4.79 Å². The second-order valence-corrected chi connectivity index (χ2v) is 5.40. The van der Waals surface area contributed by atoms with Crippen LogP contribution < -0.4 is 10.9 Å². The summed E-state index contributed by atoms with van der Waals surface area (Å²) in [6, 6.07) is 11.7. The van der Waals surface area contributed by atoms with Gasteiger partial charge < -0.3 is 14.8 Å². The zero-order valence-corrected chi connectivity index (χ0v) is 12.8. The number of hydrogen-bond acceptors (Lipinski definition) is 4. The molecule has 2 N–H and O–H groups in total. The SMILES string of the molecule is O=C(O)c1ccc(NC(=O)c2cc3cc(Cl)ccc3oc2=O)cc1. The number of carbonyl (C=O) groups is 2. The number of carbonyl (C=O) groups excluding carboxylic acids is 1. The Labute approximate surface area is 140 Å². The summed E-state index contributed by atoms with van der Waals surface area (Å²) in [7, 11) is 0. The first-order valence-electron chi connectivity index (χ1n) is 6.82. The molecule has 0 radical (unpaired) electrons. The fraction of sp³-hybridized carbons (Fsp3) is 0. The largest absolute Gasteiger partial charge is 0.478 e. The molecule has 7 heteroatoms. The highest BCUT2D eigenvalue weighted by Crippen LogP contribution is 2.19. The van der Waals surface area contributed by atoms with Crippen molar-refractivity contribution in [3.8, 4) is 0 Å². The third-order valence-electron chi connectivity index (χ3n) is 3.33. The number of nitrogens with one attached hydrogen (secondary N) is 1. The molecule has 6 nitrogen and oxygen atoms in total. The van der Waals surface area contributed by atoms with Crippen LogP contribution in [0.25, 0.3) is 11.0 Å². The van der Waals surface area contributed by atoms with E-state index in [2.05, 4.69) is 5.32 Å². The molecule has 0 saturated heterocycles. The van der Waals surface area contributed by atoms with Gasteiger partial charge in [-0.1, -0.05) is 11.6 Å². The molecule has 3 aromatic rings. The van der Waals surface area contributed by atoms with Crippen molar-refractivity contribution in [2.45, 2.75) is 0 Å². The lowest BCUT2D eigenvalue weighted by molar-refractivity contribution is 0.0696. The summed E-state index contributed by atoms with van der Waals surface area (Å²) in [5.41, 5.74) is -0.174. The van der Waals surface area contributed by atoms with E-state index in [1.165, 1.54) is 30.3 Å². The van der Waals surface area contributed by atoms with Gasteiger partial charge in [0, 0.05) is 16.1 Å². The van der Waals surface area contributed by atoms with Crippen molar-refractivity contribution >= 4 is 40.1 Å². The van der Waals surface area contributed by atoms with Crippen LogP contribution in [0.1, 0.15) is 20.7 Å². The second kappa shape index (κ2) is 6.17. The average Bonchev–Trinajstić information content (AvgIpc) is 2.55. The van der Waals surface area contributed by atoms with Gasteiger partial charge in [-0.2, -0.15) is 0 Å². The fourth-order valence-corrected chi connectivity index (χ4v) is 2.33. The first-order chi connectivity index (χ1) is 11.4. The molecule has 0 fully saturated rings. The van der Waals surface area contributed by atoms with Gasteiger partial charge in [-0.25, -0.2) is 9.59 Å².